The number of hydrogen-bond donors (Lipinski definition) is 0. The molecule has 0 N–H and O–H groups in total. The molecular formula is C28H57Cl3Si. The summed E-state index contributed by atoms with van der Waals surface area (Å²) in [5.41, 5.74) is 0. The van der Waals surface area contributed by atoms with Crippen LogP contribution >= 0.6 is 33.2 Å². The molecule has 4 heteroatoms. The van der Waals surface area contributed by atoms with E-state index in [1.165, 1.54) is 148 Å². The van der Waals surface area contributed by atoms with Gasteiger partial charge in [0, 0.05) is 0 Å². The predicted octanol–water partition coefficient (Wildman–Crippen LogP) is 12.7. The van der Waals surface area contributed by atoms with Gasteiger partial charge >= 0.3 is 6.00 Å². The summed E-state index contributed by atoms with van der Waals surface area (Å²) in [6, 6.07) is -1.60. The highest BCUT2D eigenvalue weighted by molar-refractivity contribution is 7.64. The van der Waals surface area contributed by atoms with E-state index in [1.807, 2.05) is 0 Å². The molecule has 0 aromatic carbocycles. The van der Waals surface area contributed by atoms with Gasteiger partial charge in [-0.2, -0.15) is 0 Å². The topological polar surface area (TPSA) is 0 Å². The Morgan fingerprint density at radius 1 is 0.438 bits per heavy atom. The van der Waals surface area contributed by atoms with Crippen LogP contribution in [0.4, 0.5) is 0 Å². The van der Waals surface area contributed by atoms with Crippen molar-refractivity contribution in [3.05, 3.63) is 0 Å². The van der Waals surface area contributed by atoms with Gasteiger partial charge in [0.05, 0.1) is 0 Å². The monoisotopic (exact) mass is 526 g/mol. The van der Waals surface area contributed by atoms with E-state index in [-0.39, 0.29) is 0 Å². The summed E-state index contributed by atoms with van der Waals surface area (Å²) >= 11 is 18.2. The number of unbranched alkanes of at least 4 members (excludes halogenated alkanes) is 21. The van der Waals surface area contributed by atoms with Crippen LogP contribution in [0.15, 0.2) is 0 Å². The molecule has 0 amide bonds. The summed E-state index contributed by atoms with van der Waals surface area (Å²) in [6.45, 7) is 4.53. The quantitative estimate of drug-likeness (QED) is 0.0595. The van der Waals surface area contributed by atoms with Crippen molar-refractivity contribution in [3.63, 3.8) is 0 Å². The third-order valence-corrected chi connectivity index (χ3v) is 9.49. The fraction of sp³-hybridized carbons (Fsp3) is 1.00. The maximum absolute atomic E-state index is 6.08. The molecule has 0 aliphatic heterocycles. The second-order valence-corrected chi connectivity index (χ2v) is 19.5. The highest BCUT2D eigenvalue weighted by Gasteiger charge is 2.28. The normalized spacial score (nSPS) is 13.0. The summed E-state index contributed by atoms with van der Waals surface area (Å²) in [4.78, 5) is 0. The Morgan fingerprint density at radius 2 is 0.719 bits per heavy atom. The lowest BCUT2D eigenvalue weighted by atomic mass is 9.99. The van der Waals surface area contributed by atoms with Crippen LogP contribution in [0.25, 0.3) is 0 Å². The number of halogens is 3. The predicted molar refractivity (Wildman–Crippen MR) is 154 cm³/mol. The first-order valence-corrected chi connectivity index (χ1v) is 19.8. The van der Waals surface area contributed by atoms with Crippen LogP contribution < -0.4 is 0 Å². The van der Waals surface area contributed by atoms with Crippen molar-refractivity contribution in [2.75, 3.05) is 0 Å². The van der Waals surface area contributed by atoms with Crippen molar-refractivity contribution in [2.24, 2.45) is 5.92 Å². The van der Waals surface area contributed by atoms with E-state index >= 15 is 0 Å². The van der Waals surface area contributed by atoms with Crippen molar-refractivity contribution in [1.82, 2.24) is 0 Å². The Morgan fingerprint density at radius 3 is 0.969 bits per heavy atom. The summed E-state index contributed by atoms with van der Waals surface area (Å²) < 4.78 is 0. The molecule has 0 heterocycles. The lowest BCUT2D eigenvalue weighted by Crippen LogP contribution is -2.15. The lowest BCUT2D eigenvalue weighted by molar-refractivity contribution is 0.467. The zero-order chi connectivity index (χ0) is 23.8. The number of hydrogen-bond acceptors (Lipinski definition) is 0. The molecule has 1 atom stereocenters. The van der Waals surface area contributed by atoms with E-state index in [0.717, 1.165) is 12.5 Å². The third kappa shape index (κ3) is 27.3. The Hall–Kier alpha value is 1.09. The van der Waals surface area contributed by atoms with E-state index in [2.05, 4.69) is 13.8 Å². The minimum atomic E-state index is -2.44. The van der Waals surface area contributed by atoms with Gasteiger partial charge in [-0.25, -0.2) is 0 Å². The average molecular weight is 528 g/mol. The van der Waals surface area contributed by atoms with Gasteiger partial charge in [0.25, 0.3) is 0 Å². The molecule has 0 aliphatic carbocycles. The minimum Gasteiger partial charge on any atom is -0.126 e. The van der Waals surface area contributed by atoms with Gasteiger partial charge in [0.15, 0.2) is 0 Å². The van der Waals surface area contributed by atoms with Crippen molar-refractivity contribution < 1.29 is 0 Å². The van der Waals surface area contributed by atoms with Crippen molar-refractivity contribution in [1.29, 1.82) is 0 Å². The molecular weight excluding hydrogens is 471 g/mol. The largest absolute Gasteiger partial charge is 0.341 e. The second-order valence-electron chi connectivity index (χ2n) is 10.3. The van der Waals surface area contributed by atoms with Crippen molar-refractivity contribution >= 4 is 39.2 Å². The van der Waals surface area contributed by atoms with Gasteiger partial charge in [0.1, 0.15) is 0 Å². The fourth-order valence-corrected chi connectivity index (χ4v) is 7.93. The van der Waals surface area contributed by atoms with Gasteiger partial charge in [-0.15, -0.1) is 33.2 Å². The van der Waals surface area contributed by atoms with Gasteiger partial charge in [-0.1, -0.05) is 168 Å². The van der Waals surface area contributed by atoms with E-state index in [0.29, 0.717) is 5.92 Å². The first-order valence-electron chi connectivity index (χ1n) is 14.6. The SMILES string of the molecule is CCCCCCCCCCCCCCCCCCCCCCCCC(CC)C[Si](Cl)(Cl)Cl. The van der Waals surface area contributed by atoms with Crippen molar-refractivity contribution in [2.45, 2.75) is 174 Å². The molecule has 0 saturated carbocycles. The van der Waals surface area contributed by atoms with E-state index in [9.17, 15) is 0 Å². The molecule has 0 nitrogen and oxygen atoms in total. The molecule has 0 saturated heterocycles. The van der Waals surface area contributed by atoms with Crippen LogP contribution in [-0.4, -0.2) is 6.00 Å². The van der Waals surface area contributed by atoms with Crippen LogP contribution in [-0.2, 0) is 0 Å². The van der Waals surface area contributed by atoms with Gasteiger partial charge in [-0.3, -0.25) is 0 Å². The highest BCUT2D eigenvalue weighted by Crippen LogP contribution is 2.33. The van der Waals surface area contributed by atoms with Gasteiger partial charge < -0.3 is 0 Å². The summed E-state index contributed by atoms with van der Waals surface area (Å²) in [5.74, 6) is 0.624. The zero-order valence-corrected chi connectivity index (χ0v) is 25.2. The molecule has 0 bridgehead atoms. The number of rotatable bonds is 26. The molecule has 194 valence electrons. The highest BCUT2D eigenvalue weighted by atomic mass is 35.8. The summed E-state index contributed by atoms with van der Waals surface area (Å²) in [7, 11) is 0. The van der Waals surface area contributed by atoms with Crippen LogP contribution in [0.5, 0.6) is 0 Å². The summed E-state index contributed by atoms with van der Waals surface area (Å²) in [6.07, 6.45) is 34.1. The molecule has 32 heavy (non-hydrogen) atoms. The maximum Gasteiger partial charge on any atom is 0.341 e. The smallest absolute Gasteiger partial charge is 0.126 e. The lowest BCUT2D eigenvalue weighted by Gasteiger charge is -2.17. The molecule has 0 aromatic rings. The molecule has 0 spiro atoms. The Labute approximate surface area is 218 Å². The molecule has 0 fully saturated rings. The Balaban J connectivity index is 3.16. The van der Waals surface area contributed by atoms with Crippen LogP contribution in [0.2, 0.25) is 6.04 Å². The first kappa shape index (κ1) is 33.1. The van der Waals surface area contributed by atoms with Crippen molar-refractivity contribution in [3.8, 4) is 0 Å². The van der Waals surface area contributed by atoms with Crippen LogP contribution in [0, 0.1) is 5.92 Å². The maximum atomic E-state index is 6.08. The summed E-state index contributed by atoms with van der Waals surface area (Å²) in [5, 5.41) is 0. The molecule has 0 rings (SSSR count). The van der Waals surface area contributed by atoms with E-state index in [4.69, 9.17) is 33.2 Å². The Kier molecular flexibility index (Phi) is 26.0. The Bertz CT molecular complexity index is 357. The molecule has 0 aliphatic rings. The standard InChI is InChI=1S/C28H57Cl3Si/c1-3-5-6-7-8-9-10-11-12-13-14-15-16-17-18-19-20-21-22-23-24-25-26-28(4-2)27-32(29,30)31/h28H,3-27H2,1-2H3. The first-order chi connectivity index (χ1) is 15.5. The van der Waals surface area contributed by atoms with Gasteiger partial charge in [-0.05, 0) is 12.0 Å². The van der Waals surface area contributed by atoms with Gasteiger partial charge in [0.2, 0.25) is 0 Å². The molecule has 0 radical (unpaired) electrons. The molecule has 0 aromatic heterocycles. The zero-order valence-electron chi connectivity index (χ0n) is 21.9. The van der Waals surface area contributed by atoms with E-state index < -0.39 is 6.00 Å². The molecule has 1 unspecified atom stereocenters. The average Bonchev–Trinajstić information content (AvgIpc) is 2.75. The van der Waals surface area contributed by atoms with E-state index in [1.54, 1.807) is 0 Å². The second kappa shape index (κ2) is 25.2. The fourth-order valence-electron chi connectivity index (χ4n) is 4.82. The third-order valence-electron chi connectivity index (χ3n) is 7.06. The van der Waals surface area contributed by atoms with Crippen LogP contribution in [0.3, 0.4) is 0 Å². The van der Waals surface area contributed by atoms with Crippen LogP contribution in [0.1, 0.15) is 168 Å². The minimum absolute atomic E-state index is 0.624.